The molecule has 22 heavy (non-hydrogen) atoms. The average molecular weight is 323 g/mol. The van der Waals surface area contributed by atoms with Crippen LogP contribution >= 0.6 is 0 Å². The standard InChI is InChI=1S/C13H13F4NO4/c14-8-1-2-9(18-11(19)3-4-12(20)21)10(7-8)22-6-5-13(15,16)17/h1-2,7H,3-6H2,(H,18,19)(H,20,21). The van der Waals surface area contributed by atoms with Crippen LogP contribution in [0.15, 0.2) is 18.2 Å². The fourth-order valence-corrected chi connectivity index (χ4v) is 1.43. The number of benzene rings is 1. The lowest BCUT2D eigenvalue weighted by Crippen LogP contribution is -2.16. The molecule has 1 aromatic rings. The van der Waals surface area contributed by atoms with Crippen LogP contribution < -0.4 is 10.1 Å². The van der Waals surface area contributed by atoms with Crippen LogP contribution in [0.3, 0.4) is 0 Å². The van der Waals surface area contributed by atoms with Crippen LogP contribution in [0.25, 0.3) is 0 Å². The molecule has 0 fully saturated rings. The topological polar surface area (TPSA) is 75.6 Å². The van der Waals surface area contributed by atoms with Gasteiger partial charge in [-0.05, 0) is 12.1 Å². The zero-order chi connectivity index (χ0) is 16.8. The Bertz CT molecular complexity index is 545. The molecule has 5 nitrogen and oxygen atoms in total. The first-order valence-corrected chi connectivity index (χ1v) is 6.18. The third-order valence-electron chi connectivity index (χ3n) is 2.43. The van der Waals surface area contributed by atoms with Crippen LogP contribution in [0.2, 0.25) is 0 Å². The van der Waals surface area contributed by atoms with Crippen molar-refractivity contribution in [3.8, 4) is 5.75 Å². The summed E-state index contributed by atoms with van der Waals surface area (Å²) >= 11 is 0. The van der Waals surface area contributed by atoms with Crippen molar-refractivity contribution in [3.63, 3.8) is 0 Å². The highest BCUT2D eigenvalue weighted by molar-refractivity contribution is 5.93. The Balaban J connectivity index is 2.69. The van der Waals surface area contributed by atoms with Crippen molar-refractivity contribution in [2.24, 2.45) is 0 Å². The van der Waals surface area contributed by atoms with Gasteiger partial charge < -0.3 is 15.2 Å². The van der Waals surface area contributed by atoms with Gasteiger partial charge in [0, 0.05) is 12.5 Å². The summed E-state index contributed by atoms with van der Waals surface area (Å²) in [5.74, 6) is -2.84. The fourth-order valence-electron chi connectivity index (χ4n) is 1.43. The molecular formula is C13H13F4NO4. The van der Waals surface area contributed by atoms with Gasteiger partial charge in [-0.3, -0.25) is 9.59 Å². The number of carbonyl (C=O) groups excluding carboxylic acids is 1. The van der Waals surface area contributed by atoms with Crippen molar-refractivity contribution < 1.29 is 37.0 Å². The highest BCUT2D eigenvalue weighted by atomic mass is 19.4. The molecule has 0 aliphatic rings. The number of nitrogens with one attached hydrogen (secondary N) is 1. The van der Waals surface area contributed by atoms with Crippen molar-refractivity contribution in [2.45, 2.75) is 25.4 Å². The lowest BCUT2D eigenvalue weighted by Gasteiger charge is -2.13. The van der Waals surface area contributed by atoms with Crippen LogP contribution in [0.4, 0.5) is 23.2 Å². The van der Waals surface area contributed by atoms with E-state index in [9.17, 15) is 27.2 Å². The predicted molar refractivity (Wildman–Crippen MR) is 68.1 cm³/mol. The Morgan fingerprint density at radius 2 is 1.91 bits per heavy atom. The van der Waals surface area contributed by atoms with Crippen LogP contribution in [0, 0.1) is 5.82 Å². The number of rotatable bonds is 7. The van der Waals surface area contributed by atoms with Gasteiger partial charge in [0.05, 0.1) is 25.1 Å². The first-order valence-electron chi connectivity index (χ1n) is 6.18. The smallest absolute Gasteiger partial charge is 0.392 e. The van der Waals surface area contributed by atoms with E-state index >= 15 is 0 Å². The van der Waals surface area contributed by atoms with E-state index in [1.807, 2.05) is 0 Å². The van der Waals surface area contributed by atoms with Crippen molar-refractivity contribution in [1.29, 1.82) is 0 Å². The number of amides is 1. The Labute approximate surface area is 122 Å². The van der Waals surface area contributed by atoms with E-state index in [0.29, 0.717) is 0 Å². The molecule has 122 valence electrons. The number of carbonyl (C=O) groups is 2. The molecule has 0 heterocycles. The van der Waals surface area contributed by atoms with E-state index in [4.69, 9.17) is 9.84 Å². The number of carboxylic acid groups (broad SMARTS) is 1. The summed E-state index contributed by atoms with van der Waals surface area (Å²) in [6.45, 7) is -0.731. The summed E-state index contributed by atoms with van der Waals surface area (Å²) in [6, 6.07) is 2.95. The largest absolute Gasteiger partial charge is 0.491 e. The molecule has 0 saturated carbocycles. The second kappa shape index (κ2) is 7.62. The van der Waals surface area contributed by atoms with Gasteiger partial charge in [0.15, 0.2) is 0 Å². The van der Waals surface area contributed by atoms with Gasteiger partial charge >= 0.3 is 12.1 Å². The third kappa shape index (κ3) is 6.91. The van der Waals surface area contributed by atoms with Gasteiger partial charge in [0.25, 0.3) is 0 Å². The molecule has 1 amide bonds. The van der Waals surface area contributed by atoms with Crippen molar-refractivity contribution in [1.82, 2.24) is 0 Å². The maximum Gasteiger partial charge on any atom is 0.392 e. The SMILES string of the molecule is O=C(O)CCC(=O)Nc1ccc(F)cc1OCCC(F)(F)F. The van der Waals surface area contributed by atoms with Gasteiger partial charge in [0.1, 0.15) is 11.6 Å². The number of halogens is 4. The summed E-state index contributed by atoms with van der Waals surface area (Å²) in [5.41, 5.74) is -0.0287. The van der Waals surface area contributed by atoms with E-state index in [1.165, 1.54) is 0 Å². The summed E-state index contributed by atoms with van der Waals surface area (Å²) in [4.78, 5) is 21.8. The van der Waals surface area contributed by atoms with E-state index < -0.39 is 43.3 Å². The van der Waals surface area contributed by atoms with Crippen LogP contribution in [0.1, 0.15) is 19.3 Å². The number of carboxylic acids is 1. The summed E-state index contributed by atoms with van der Waals surface area (Å²) in [7, 11) is 0. The molecule has 0 spiro atoms. The van der Waals surface area contributed by atoms with Crippen LogP contribution in [-0.4, -0.2) is 29.8 Å². The maximum absolute atomic E-state index is 13.1. The zero-order valence-electron chi connectivity index (χ0n) is 11.2. The molecule has 0 bridgehead atoms. The highest BCUT2D eigenvalue weighted by Crippen LogP contribution is 2.27. The number of aliphatic carboxylic acids is 1. The van der Waals surface area contributed by atoms with Gasteiger partial charge in [0.2, 0.25) is 5.91 Å². The van der Waals surface area contributed by atoms with Crippen molar-refractivity contribution >= 4 is 17.6 Å². The molecule has 1 rings (SSSR count). The molecule has 0 radical (unpaired) electrons. The van der Waals surface area contributed by atoms with Crippen molar-refractivity contribution in [3.05, 3.63) is 24.0 Å². The second-order valence-electron chi connectivity index (χ2n) is 4.30. The van der Waals surface area contributed by atoms with E-state index in [1.54, 1.807) is 0 Å². The van der Waals surface area contributed by atoms with Crippen molar-refractivity contribution in [2.75, 3.05) is 11.9 Å². The van der Waals surface area contributed by atoms with E-state index in [2.05, 4.69) is 5.32 Å². The lowest BCUT2D eigenvalue weighted by atomic mass is 10.2. The van der Waals surface area contributed by atoms with Crippen LogP contribution in [-0.2, 0) is 9.59 Å². The molecule has 9 heteroatoms. The molecule has 2 N–H and O–H groups in total. The molecule has 0 aromatic heterocycles. The molecular weight excluding hydrogens is 310 g/mol. The Morgan fingerprint density at radius 3 is 2.50 bits per heavy atom. The maximum atomic E-state index is 13.1. The summed E-state index contributed by atoms with van der Waals surface area (Å²) in [5, 5.41) is 10.7. The normalized spacial score (nSPS) is 11.1. The minimum absolute atomic E-state index is 0.0287. The second-order valence-corrected chi connectivity index (χ2v) is 4.30. The fraction of sp³-hybridized carbons (Fsp3) is 0.385. The number of anilines is 1. The molecule has 0 saturated heterocycles. The monoisotopic (exact) mass is 323 g/mol. The number of alkyl halides is 3. The molecule has 0 aliphatic heterocycles. The summed E-state index contributed by atoms with van der Waals surface area (Å²) < 4.78 is 54.1. The quantitative estimate of drug-likeness (QED) is 0.757. The average Bonchev–Trinajstić information content (AvgIpc) is 2.38. The lowest BCUT2D eigenvalue weighted by molar-refractivity contribution is -0.139. The molecule has 0 aliphatic carbocycles. The molecule has 1 aromatic carbocycles. The third-order valence-corrected chi connectivity index (χ3v) is 2.43. The minimum atomic E-state index is -4.42. The van der Waals surface area contributed by atoms with E-state index in [-0.39, 0.29) is 17.9 Å². The van der Waals surface area contributed by atoms with Gasteiger partial charge in [-0.1, -0.05) is 0 Å². The Kier molecular flexibility index (Phi) is 6.14. The first-order chi connectivity index (χ1) is 10.2. The first kappa shape index (κ1) is 17.7. The van der Waals surface area contributed by atoms with E-state index in [0.717, 1.165) is 18.2 Å². The van der Waals surface area contributed by atoms with Gasteiger partial charge in [-0.2, -0.15) is 13.2 Å². The van der Waals surface area contributed by atoms with Gasteiger partial charge in [-0.15, -0.1) is 0 Å². The summed E-state index contributed by atoms with van der Waals surface area (Å²) in [6.07, 6.45) is -6.37. The number of hydrogen-bond acceptors (Lipinski definition) is 3. The predicted octanol–water partition coefficient (Wildman–Crippen LogP) is 2.96. The molecule has 0 unspecified atom stereocenters. The number of hydrogen-bond donors (Lipinski definition) is 2. The highest BCUT2D eigenvalue weighted by Gasteiger charge is 2.27. The van der Waals surface area contributed by atoms with Crippen LogP contribution in [0.5, 0.6) is 5.75 Å². The number of ether oxygens (including phenoxy) is 1. The zero-order valence-corrected chi connectivity index (χ0v) is 11.2. The Morgan fingerprint density at radius 1 is 1.23 bits per heavy atom. The van der Waals surface area contributed by atoms with Gasteiger partial charge in [-0.25, -0.2) is 4.39 Å². The minimum Gasteiger partial charge on any atom is -0.491 e. The molecule has 0 atom stereocenters. The Hall–Kier alpha value is -2.32.